The van der Waals surface area contributed by atoms with Gasteiger partial charge in [0.15, 0.2) is 0 Å². The van der Waals surface area contributed by atoms with E-state index in [0.717, 1.165) is 25.7 Å². The van der Waals surface area contributed by atoms with Crippen LogP contribution in [-0.4, -0.2) is 54.0 Å². The highest BCUT2D eigenvalue weighted by molar-refractivity contribution is 5.83. The van der Waals surface area contributed by atoms with Crippen LogP contribution >= 0.6 is 0 Å². The Morgan fingerprint density at radius 1 is 1.12 bits per heavy atom. The summed E-state index contributed by atoms with van der Waals surface area (Å²) in [7, 11) is 0. The van der Waals surface area contributed by atoms with Crippen LogP contribution in [0.15, 0.2) is 0 Å². The Morgan fingerprint density at radius 3 is 2.40 bits per heavy atom. The third-order valence-electron chi connectivity index (χ3n) is 5.27. The van der Waals surface area contributed by atoms with Crippen LogP contribution in [0.1, 0.15) is 65.7 Å². The molecule has 2 saturated heterocycles. The molecule has 0 bridgehead atoms. The van der Waals surface area contributed by atoms with Crippen molar-refractivity contribution in [3.05, 3.63) is 0 Å². The molecule has 0 saturated carbocycles. The van der Waals surface area contributed by atoms with Crippen molar-refractivity contribution in [2.75, 3.05) is 13.1 Å². The van der Waals surface area contributed by atoms with Crippen LogP contribution in [0.3, 0.4) is 0 Å². The molecular weight excluding hydrogens is 322 g/mol. The van der Waals surface area contributed by atoms with E-state index in [-0.39, 0.29) is 54.7 Å². The normalized spacial score (nSPS) is 27.3. The number of ketones is 1. The largest absolute Gasteiger partial charge is 0.459 e. The summed E-state index contributed by atoms with van der Waals surface area (Å²) in [5.74, 6) is 0.0245. The van der Waals surface area contributed by atoms with Crippen LogP contribution in [0.2, 0.25) is 0 Å². The van der Waals surface area contributed by atoms with Crippen molar-refractivity contribution in [3.8, 4) is 0 Å². The van der Waals surface area contributed by atoms with Crippen LogP contribution in [0.25, 0.3) is 0 Å². The van der Waals surface area contributed by atoms with Gasteiger partial charge in [0.2, 0.25) is 5.91 Å². The Kier molecular flexibility index (Phi) is 7.41. The minimum absolute atomic E-state index is 0.0255. The van der Waals surface area contributed by atoms with Gasteiger partial charge in [-0.1, -0.05) is 13.8 Å². The average molecular weight is 353 g/mol. The van der Waals surface area contributed by atoms with E-state index >= 15 is 0 Å². The van der Waals surface area contributed by atoms with Crippen molar-refractivity contribution in [3.63, 3.8) is 0 Å². The third-order valence-corrected chi connectivity index (χ3v) is 5.27. The molecule has 0 aromatic carbocycles. The van der Waals surface area contributed by atoms with Gasteiger partial charge in [-0.05, 0) is 26.2 Å². The number of hydrogen-bond donors (Lipinski definition) is 0. The van der Waals surface area contributed by atoms with Crippen molar-refractivity contribution >= 4 is 17.7 Å². The fraction of sp³-hybridized carbons (Fsp3) is 0.842. The molecule has 25 heavy (non-hydrogen) atoms. The standard InChI is InChI=1S/C19H31NO5/c1-4-15(21)14-8-10-20(11-9-14)18(22)6-7-19(23)25-17-12-13(3)24-16(17)5-2/h13-14,16-17H,4-12H2,1-3H3/t13-,16+,17?/m0/s1. The van der Waals surface area contributed by atoms with Crippen molar-refractivity contribution in [1.29, 1.82) is 0 Å². The van der Waals surface area contributed by atoms with Gasteiger partial charge in [0.1, 0.15) is 11.9 Å². The Morgan fingerprint density at radius 2 is 1.80 bits per heavy atom. The van der Waals surface area contributed by atoms with Crippen LogP contribution < -0.4 is 0 Å². The maximum absolute atomic E-state index is 12.3. The average Bonchev–Trinajstić information content (AvgIpc) is 2.98. The summed E-state index contributed by atoms with van der Waals surface area (Å²) in [4.78, 5) is 37.8. The second kappa shape index (κ2) is 9.32. The topological polar surface area (TPSA) is 72.9 Å². The van der Waals surface area contributed by atoms with Crippen LogP contribution in [-0.2, 0) is 23.9 Å². The molecule has 0 spiro atoms. The molecular formula is C19H31NO5. The third kappa shape index (κ3) is 5.53. The predicted octanol–water partition coefficient (Wildman–Crippen LogP) is 2.48. The number of Topliss-reactive ketones (excluding diaryl/α,β-unsaturated/α-hetero) is 1. The van der Waals surface area contributed by atoms with E-state index in [9.17, 15) is 14.4 Å². The number of esters is 1. The number of carbonyl (C=O) groups excluding carboxylic acids is 3. The van der Waals surface area contributed by atoms with Gasteiger partial charge in [-0.25, -0.2) is 0 Å². The molecule has 142 valence electrons. The number of ether oxygens (including phenoxy) is 2. The van der Waals surface area contributed by atoms with E-state index in [1.807, 2.05) is 20.8 Å². The molecule has 2 heterocycles. The Hall–Kier alpha value is -1.43. The summed E-state index contributed by atoms with van der Waals surface area (Å²) in [6, 6.07) is 0. The van der Waals surface area contributed by atoms with Crippen molar-refractivity contribution in [1.82, 2.24) is 4.90 Å². The molecule has 0 radical (unpaired) electrons. The Labute approximate surface area is 150 Å². The quantitative estimate of drug-likeness (QED) is 0.658. The zero-order valence-electron chi connectivity index (χ0n) is 15.7. The highest BCUT2D eigenvalue weighted by atomic mass is 16.6. The molecule has 0 aromatic rings. The monoisotopic (exact) mass is 353 g/mol. The highest BCUT2D eigenvalue weighted by Gasteiger charge is 2.34. The molecule has 6 heteroatoms. The SMILES string of the molecule is CCC(=O)C1CCN(C(=O)CCC(=O)OC2C[C@H](C)O[C@@H]2CC)CC1. The second-order valence-corrected chi connectivity index (χ2v) is 7.13. The lowest BCUT2D eigenvalue weighted by Crippen LogP contribution is -2.40. The number of hydrogen-bond acceptors (Lipinski definition) is 5. The smallest absolute Gasteiger partial charge is 0.306 e. The van der Waals surface area contributed by atoms with Gasteiger partial charge in [0.25, 0.3) is 0 Å². The number of rotatable bonds is 7. The van der Waals surface area contributed by atoms with Gasteiger partial charge in [-0.3, -0.25) is 14.4 Å². The van der Waals surface area contributed by atoms with Gasteiger partial charge >= 0.3 is 5.97 Å². The molecule has 0 aliphatic carbocycles. The fourth-order valence-corrected chi connectivity index (χ4v) is 3.74. The highest BCUT2D eigenvalue weighted by Crippen LogP contribution is 2.26. The van der Waals surface area contributed by atoms with Gasteiger partial charge in [0, 0.05) is 38.3 Å². The Balaban J connectivity index is 1.70. The lowest BCUT2D eigenvalue weighted by Gasteiger charge is -2.31. The molecule has 1 amide bonds. The summed E-state index contributed by atoms with van der Waals surface area (Å²) in [5.41, 5.74) is 0. The number of likely N-dealkylation sites (tertiary alicyclic amines) is 1. The van der Waals surface area contributed by atoms with Gasteiger partial charge in [0.05, 0.1) is 18.6 Å². The van der Waals surface area contributed by atoms with Crippen molar-refractivity contribution in [2.24, 2.45) is 5.92 Å². The zero-order valence-corrected chi connectivity index (χ0v) is 15.7. The first-order valence-corrected chi connectivity index (χ1v) is 9.60. The maximum atomic E-state index is 12.3. The first-order valence-electron chi connectivity index (χ1n) is 9.60. The van der Waals surface area contributed by atoms with E-state index in [2.05, 4.69) is 0 Å². The summed E-state index contributed by atoms with van der Waals surface area (Å²) >= 11 is 0. The van der Waals surface area contributed by atoms with Crippen LogP contribution in [0, 0.1) is 5.92 Å². The van der Waals surface area contributed by atoms with Crippen molar-refractivity contribution in [2.45, 2.75) is 84.0 Å². The van der Waals surface area contributed by atoms with Gasteiger partial charge < -0.3 is 14.4 Å². The second-order valence-electron chi connectivity index (χ2n) is 7.13. The van der Waals surface area contributed by atoms with E-state index in [1.54, 1.807) is 4.90 Å². The first kappa shape index (κ1) is 19.9. The fourth-order valence-electron chi connectivity index (χ4n) is 3.74. The molecule has 2 fully saturated rings. The lowest BCUT2D eigenvalue weighted by molar-refractivity contribution is -0.153. The number of amides is 1. The minimum Gasteiger partial charge on any atom is -0.459 e. The van der Waals surface area contributed by atoms with E-state index in [0.29, 0.717) is 19.5 Å². The first-order chi connectivity index (χ1) is 11.9. The maximum Gasteiger partial charge on any atom is 0.306 e. The molecule has 2 aliphatic rings. The van der Waals surface area contributed by atoms with E-state index in [1.165, 1.54) is 0 Å². The van der Waals surface area contributed by atoms with E-state index in [4.69, 9.17) is 9.47 Å². The van der Waals surface area contributed by atoms with Crippen molar-refractivity contribution < 1.29 is 23.9 Å². The van der Waals surface area contributed by atoms with Crippen LogP contribution in [0.4, 0.5) is 0 Å². The molecule has 2 aliphatic heterocycles. The van der Waals surface area contributed by atoms with Gasteiger partial charge in [-0.15, -0.1) is 0 Å². The Bertz CT molecular complexity index is 484. The summed E-state index contributed by atoms with van der Waals surface area (Å²) in [6.45, 7) is 7.09. The molecule has 1 unspecified atom stereocenters. The molecule has 0 N–H and O–H groups in total. The molecule has 2 rings (SSSR count). The molecule has 3 atom stereocenters. The summed E-state index contributed by atoms with van der Waals surface area (Å²) in [6.07, 6.45) is 3.71. The summed E-state index contributed by atoms with van der Waals surface area (Å²) in [5, 5.41) is 0. The van der Waals surface area contributed by atoms with Gasteiger partial charge in [-0.2, -0.15) is 0 Å². The number of piperidine rings is 1. The summed E-state index contributed by atoms with van der Waals surface area (Å²) < 4.78 is 11.2. The molecule has 6 nitrogen and oxygen atoms in total. The lowest BCUT2D eigenvalue weighted by atomic mass is 9.91. The molecule has 0 aromatic heterocycles. The predicted molar refractivity (Wildman–Crippen MR) is 93.0 cm³/mol. The zero-order chi connectivity index (χ0) is 18.4. The number of carbonyl (C=O) groups is 3. The van der Waals surface area contributed by atoms with Crippen LogP contribution in [0.5, 0.6) is 0 Å². The minimum atomic E-state index is -0.328. The van der Waals surface area contributed by atoms with E-state index < -0.39 is 0 Å². The number of nitrogens with zero attached hydrogens (tertiary/aromatic N) is 1.